The van der Waals surface area contributed by atoms with Gasteiger partial charge in [-0.25, -0.2) is 0 Å². The molecular formula is C12H20O. The number of rotatable bonds is 4. The minimum Gasteiger partial charge on any atom is -0.303 e. The van der Waals surface area contributed by atoms with E-state index in [4.69, 9.17) is 0 Å². The van der Waals surface area contributed by atoms with Crippen molar-refractivity contribution in [3.8, 4) is 0 Å². The van der Waals surface area contributed by atoms with Crippen molar-refractivity contribution in [1.82, 2.24) is 0 Å². The van der Waals surface area contributed by atoms with E-state index in [2.05, 4.69) is 13.0 Å². The summed E-state index contributed by atoms with van der Waals surface area (Å²) in [5, 5.41) is 0. The Hall–Kier alpha value is -0.590. The van der Waals surface area contributed by atoms with Crippen LogP contribution in [0, 0.1) is 5.92 Å². The van der Waals surface area contributed by atoms with Crippen molar-refractivity contribution in [1.29, 1.82) is 0 Å². The van der Waals surface area contributed by atoms with E-state index in [-0.39, 0.29) is 0 Å². The van der Waals surface area contributed by atoms with Gasteiger partial charge in [-0.3, -0.25) is 0 Å². The predicted octanol–water partition coefficient (Wildman–Crippen LogP) is 3.49. The Bertz CT molecular complexity index is 176. The molecule has 0 aromatic rings. The third kappa shape index (κ3) is 4.25. The van der Waals surface area contributed by atoms with E-state index in [1.165, 1.54) is 37.7 Å². The van der Waals surface area contributed by atoms with Gasteiger partial charge in [0.25, 0.3) is 0 Å². The molecule has 0 bridgehead atoms. The summed E-state index contributed by atoms with van der Waals surface area (Å²) >= 11 is 0. The molecule has 1 saturated carbocycles. The molecule has 1 aliphatic carbocycles. The highest BCUT2D eigenvalue weighted by Gasteiger charge is 2.10. The predicted molar refractivity (Wildman–Crippen MR) is 55.6 cm³/mol. The second-order valence-electron chi connectivity index (χ2n) is 4.12. The van der Waals surface area contributed by atoms with Crippen LogP contribution in [-0.4, -0.2) is 6.29 Å². The Morgan fingerprint density at radius 1 is 1.31 bits per heavy atom. The number of hydrogen-bond acceptors (Lipinski definition) is 1. The molecule has 1 nitrogen and oxygen atoms in total. The van der Waals surface area contributed by atoms with Gasteiger partial charge < -0.3 is 4.79 Å². The van der Waals surface area contributed by atoms with Crippen LogP contribution < -0.4 is 0 Å². The van der Waals surface area contributed by atoms with Gasteiger partial charge in [-0.1, -0.05) is 30.9 Å². The van der Waals surface area contributed by atoms with Crippen molar-refractivity contribution < 1.29 is 4.79 Å². The molecule has 1 aliphatic rings. The van der Waals surface area contributed by atoms with Crippen molar-refractivity contribution in [3.63, 3.8) is 0 Å². The van der Waals surface area contributed by atoms with E-state index in [1.807, 2.05) is 0 Å². The van der Waals surface area contributed by atoms with Gasteiger partial charge in [0.2, 0.25) is 0 Å². The SMILES string of the molecule is C/C(=C\C1CCCCC1)CCC=O. The van der Waals surface area contributed by atoms with Crippen LogP contribution in [0.25, 0.3) is 0 Å². The number of hydrogen-bond donors (Lipinski definition) is 0. The molecule has 74 valence electrons. The van der Waals surface area contributed by atoms with Gasteiger partial charge in [0, 0.05) is 6.42 Å². The van der Waals surface area contributed by atoms with E-state index in [0.717, 1.165) is 18.6 Å². The number of aldehydes is 1. The molecule has 1 rings (SSSR count). The first-order valence-corrected chi connectivity index (χ1v) is 5.44. The normalized spacial score (nSPS) is 20.2. The Kier molecular flexibility index (Phi) is 4.81. The lowest BCUT2D eigenvalue weighted by molar-refractivity contribution is -0.107. The van der Waals surface area contributed by atoms with Crippen LogP contribution in [0.15, 0.2) is 11.6 Å². The summed E-state index contributed by atoms with van der Waals surface area (Å²) in [6.45, 7) is 2.15. The first-order chi connectivity index (χ1) is 6.33. The molecule has 0 spiro atoms. The zero-order chi connectivity index (χ0) is 9.52. The van der Waals surface area contributed by atoms with Crippen molar-refractivity contribution in [2.75, 3.05) is 0 Å². The van der Waals surface area contributed by atoms with Crippen molar-refractivity contribution in [2.45, 2.75) is 51.9 Å². The molecule has 0 aliphatic heterocycles. The summed E-state index contributed by atoms with van der Waals surface area (Å²) in [4.78, 5) is 10.2. The summed E-state index contributed by atoms with van der Waals surface area (Å²) in [6, 6.07) is 0. The fourth-order valence-corrected chi connectivity index (χ4v) is 2.07. The van der Waals surface area contributed by atoms with Gasteiger partial charge in [0.1, 0.15) is 6.29 Å². The van der Waals surface area contributed by atoms with Gasteiger partial charge in [-0.2, -0.15) is 0 Å². The topological polar surface area (TPSA) is 17.1 Å². The van der Waals surface area contributed by atoms with E-state index in [0.29, 0.717) is 6.42 Å². The second-order valence-corrected chi connectivity index (χ2v) is 4.12. The molecule has 0 aromatic heterocycles. The number of carbonyl (C=O) groups is 1. The highest BCUT2D eigenvalue weighted by molar-refractivity contribution is 5.49. The van der Waals surface area contributed by atoms with E-state index in [9.17, 15) is 4.79 Å². The van der Waals surface area contributed by atoms with Gasteiger partial charge in [0.15, 0.2) is 0 Å². The number of carbonyl (C=O) groups excluding carboxylic acids is 1. The molecule has 0 aromatic carbocycles. The van der Waals surface area contributed by atoms with Gasteiger partial charge >= 0.3 is 0 Å². The lowest BCUT2D eigenvalue weighted by Gasteiger charge is -2.18. The molecule has 0 N–H and O–H groups in total. The zero-order valence-electron chi connectivity index (χ0n) is 8.59. The van der Waals surface area contributed by atoms with Crippen molar-refractivity contribution in [2.24, 2.45) is 5.92 Å². The quantitative estimate of drug-likeness (QED) is 0.478. The monoisotopic (exact) mass is 180 g/mol. The molecule has 0 heterocycles. The summed E-state index contributed by atoms with van der Waals surface area (Å²) in [5.41, 5.74) is 1.40. The van der Waals surface area contributed by atoms with Crippen LogP contribution in [0.4, 0.5) is 0 Å². The van der Waals surface area contributed by atoms with Crippen molar-refractivity contribution >= 4 is 6.29 Å². The molecule has 0 amide bonds. The molecule has 0 saturated heterocycles. The van der Waals surface area contributed by atoms with Gasteiger partial charge in [0.05, 0.1) is 0 Å². The molecule has 0 atom stereocenters. The highest BCUT2D eigenvalue weighted by atomic mass is 16.1. The van der Waals surface area contributed by atoms with Crippen LogP contribution >= 0.6 is 0 Å². The zero-order valence-corrected chi connectivity index (χ0v) is 8.59. The number of allylic oxidation sites excluding steroid dienone is 2. The van der Waals surface area contributed by atoms with Gasteiger partial charge in [-0.15, -0.1) is 0 Å². The van der Waals surface area contributed by atoms with Crippen LogP contribution in [0.5, 0.6) is 0 Å². The fraction of sp³-hybridized carbons (Fsp3) is 0.750. The molecule has 13 heavy (non-hydrogen) atoms. The van der Waals surface area contributed by atoms with E-state index >= 15 is 0 Å². The van der Waals surface area contributed by atoms with Crippen LogP contribution in [0.2, 0.25) is 0 Å². The third-order valence-corrected chi connectivity index (χ3v) is 2.83. The van der Waals surface area contributed by atoms with Crippen molar-refractivity contribution in [3.05, 3.63) is 11.6 Å². The average molecular weight is 180 g/mol. The Morgan fingerprint density at radius 3 is 2.62 bits per heavy atom. The Morgan fingerprint density at radius 2 is 2.00 bits per heavy atom. The maximum Gasteiger partial charge on any atom is 0.120 e. The third-order valence-electron chi connectivity index (χ3n) is 2.83. The summed E-state index contributed by atoms with van der Waals surface area (Å²) < 4.78 is 0. The average Bonchev–Trinajstić information content (AvgIpc) is 2.16. The van der Waals surface area contributed by atoms with Crippen LogP contribution in [0.3, 0.4) is 0 Å². The maximum atomic E-state index is 10.2. The first kappa shape index (κ1) is 10.5. The van der Waals surface area contributed by atoms with E-state index < -0.39 is 0 Å². The lowest BCUT2D eigenvalue weighted by Crippen LogP contribution is -2.03. The Labute approximate surface area is 81.2 Å². The van der Waals surface area contributed by atoms with Crippen LogP contribution in [0.1, 0.15) is 51.9 Å². The summed E-state index contributed by atoms with van der Waals surface area (Å²) in [5.74, 6) is 0.806. The molecular weight excluding hydrogens is 160 g/mol. The lowest BCUT2D eigenvalue weighted by atomic mass is 9.87. The minimum atomic E-state index is 0.690. The molecule has 1 fully saturated rings. The Balaban J connectivity index is 2.29. The summed E-state index contributed by atoms with van der Waals surface area (Å²) in [7, 11) is 0. The minimum absolute atomic E-state index is 0.690. The highest BCUT2D eigenvalue weighted by Crippen LogP contribution is 2.26. The van der Waals surface area contributed by atoms with Crippen LogP contribution in [-0.2, 0) is 4.79 Å². The second kappa shape index (κ2) is 5.95. The summed E-state index contributed by atoms with van der Waals surface area (Å²) in [6.07, 6.45) is 12.0. The molecule has 0 unspecified atom stereocenters. The maximum absolute atomic E-state index is 10.2. The standard InChI is InChI=1S/C12H20O/c1-11(6-5-9-13)10-12-7-3-2-4-8-12/h9-10,12H,2-8H2,1H3/b11-10+. The first-order valence-electron chi connectivity index (χ1n) is 5.44. The molecule has 1 heteroatoms. The smallest absolute Gasteiger partial charge is 0.120 e. The largest absolute Gasteiger partial charge is 0.303 e. The fourth-order valence-electron chi connectivity index (χ4n) is 2.07. The van der Waals surface area contributed by atoms with Gasteiger partial charge in [-0.05, 0) is 32.1 Å². The molecule has 0 radical (unpaired) electrons. The van der Waals surface area contributed by atoms with E-state index in [1.54, 1.807) is 0 Å².